The molecule has 1 aliphatic rings. The largest absolute Gasteiger partial charge is 0.378 e. The fraction of sp³-hybridized carbons (Fsp3) is 1.00. The lowest BCUT2D eigenvalue weighted by molar-refractivity contribution is -0.0472. The zero-order valence-electron chi connectivity index (χ0n) is 12.3. The molecule has 1 nitrogen and oxygen atoms in total. The first-order valence-corrected chi connectivity index (χ1v) is 7.26. The third-order valence-corrected chi connectivity index (χ3v) is 4.40. The Balaban J connectivity index is 0.00000289. The van der Waals surface area contributed by atoms with Crippen LogP contribution in [0.2, 0.25) is 5.31 Å². The molecule has 1 fully saturated rings. The minimum absolute atomic E-state index is 0. The van der Waals surface area contributed by atoms with E-state index in [1.165, 1.54) is 19.3 Å². The summed E-state index contributed by atoms with van der Waals surface area (Å²) in [5.41, 5.74) is 0. The summed E-state index contributed by atoms with van der Waals surface area (Å²) >= 11 is 0. The Bertz CT molecular complexity index is 225. The highest BCUT2D eigenvalue weighted by molar-refractivity contribution is 6.14. The van der Waals surface area contributed by atoms with Gasteiger partial charge in [-0.3, -0.25) is 0 Å². The maximum Gasteiger partial charge on any atom is 0.0773 e. The Hall–Kier alpha value is 0.0249. The summed E-state index contributed by atoms with van der Waals surface area (Å²) in [7, 11) is 6.16. The van der Waals surface area contributed by atoms with Gasteiger partial charge in [-0.05, 0) is 35.9 Å². The first-order chi connectivity index (χ1) is 7.85. The molecule has 0 aromatic heterocycles. The van der Waals surface area contributed by atoms with Crippen LogP contribution in [-0.4, -0.2) is 20.6 Å². The van der Waals surface area contributed by atoms with E-state index < -0.39 is 0 Å². The lowest BCUT2D eigenvalue weighted by atomic mass is 9.69. The van der Waals surface area contributed by atoms with Gasteiger partial charge in [0.1, 0.15) is 0 Å². The summed E-state index contributed by atoms with van der Waals surface area (Å²) in [6, 6.07) is 0. The molecule has 0 saturated heterocycles. The quantitative estimate of drug-likeness (QED) is 0.635. The van der Waals surface area contributed by atoms with E-state index in [-0.39, 0.29) is 12.7 Å². The van der Waals surface area contributed by atoms with Gasteiger partial charge in [0.15, 0.2) is 0 Å². The van der Waals surface area contributed by atoms with Gasteiger partial charge >= 0.3 is 0 Å². The maximum absolute atomic E-state index is 6.16. The van der Waals surface area contributed by atoms with Crippen molar-refractivity contribution in [2.24, 2.45) is 17.8 Å². The van der Waals surface area contributed by atoms with E-state index in [4.69, 9.17) is 12.6 Å². The molecule has 0 amide bonds. The number of ether oxygens (including phenoxy) is 1. The molecule has 4 unspecified atom stereocenters. The van der Waals surface area contributed by atoms with Crippen LogP contribution < -0.4 is 0 Å². The molecule has 2 heteroatoms. The number of rotatable bonds is 5. The molecule has 106 valence electrons. The number of hydrogen-bond acceptors (Lipinski definition) is 1. The topological polar surface area (TPSA) is 9.23 Å². The molecule has 0 bridgehead atoms. The average Bonchev–Trinajstić information content (AvgIpc) is 2.26. The summed E-state index contributed by atoms with van der Waals surface area (Å²) in [6.45, 7) is 11.9. The predicted molar refractivity (Wildman–Crippen MR) is 82.2 cm³/mol. The van der Waals surface area contributed by atoms with Gasteiger partial charge in [0.2, 0.25) is 0 Å². The van der Waals surface area contributed by atoms with Crippen molar-refractivity contribution in [3.63, 3.8) is 0 Å². The molecule has 1 rings (SSSR count). The summed E-state index contributed by atoms with van der Waals surface area (Å²) in [4.78, 5) is 0. The van der Waals surface area contributed by atoms with Crippen molar-refractivity contribution in [2.75, 3.05) is 6.61 Å². The molecule has 18 heavy (non-hydrogen) atoms. The second kappa shape index (κ2) is 7.57. The molecular weight excluding hydrogens is 219 g/mol. The highest BCUT2D eigenvalue weighted by atomic mass is 16.5. The fourth-order valence-corrected chi connectivity index (χ4v) is 2.71. The van der Waals surface area contributed by atoms with Crippen molar-refractivity contribution in [3.8, 4) is 0 Å². The van der Waals surface area contributed by atoms with E-state index in [1.54, 1.807) is 0 Å². The van der Waals surface area contributed by atoms with E-state index in [0.29, 0.717) is 12.7 Å². The van der Waals surface area contributed by atoms with Crippen LogP contribution >= 0.6 is 0 Å². The zero-order valence-corrected chi connectivity index (χ0v) is 12.3. The Kier molecular flexibility index (Phi) is 7.58. The smallest absolute Gasteiger partial charge is 0.0773 e. The highest BCUT2D eigenvalue weighted by Crippen LogP contribution is 2.37. The standard InChI is InChI=1S/C15H29BO.CH4/c1-6-15(5,16)10-17-14-9-12(4)7-8-13(14)11(2)3;/h11-14H,6-10H2,1-5H3;1H4. The van der Waals surface area contributed by atoms with E-state index in [2.05, 4.69) is 34.6 Å². The second-order valence-corrected chi connectivity index (χ2v) is 6.68. The van der Waals surface area contributed by atoms with Gasteiger partial charge in [0.05, 0.1) is 14.0 Å². The van der Waals surface area contributed by atoms with Crippen LogP contribution in [0.25, 0.3) is 0 Å². The maximum atomic E-state index is 6.16. The van der Waals surface area contributed by atoms with Gasteiger partial charge in [0, 0.05) is 6.61 Å². The molecule has 0 aromatic carbocycles. The van der Waals surface area contributed by atoms with Crippen LogP contribution in [0, 0.1) is 17.8 Å². The first-order valence-electron chi connectivity index (χ1n) is 7.26. The first kappa shape index (κ1) is 18.0. The summed E-state index contributed by atoms with van der Waals surface area (Å²) in [5, 5.41) is -0.164. The van der Waals surface area contributed by atoms with E-state index in [9.17, 15) is 0 Å². The molecule has 1 aliphatic carbocycles. The Morgan fingerprint density at radius 1 is 1.33 bits per heavy atom. The summed E-state index contributed by atoms with van der Waals surface area (Å²) in [5.74, 6) is 2.25. The molecular formula is C16H33BO. The normalized spacial score (nSPS) is 31.8. The Labute approximate surface area is 116 Å². The van der Waals surface area contributed by atoms with Crippen LogP contribution in [0.1, 0.15) is 67.7 Å². The molecule has 0 aliphatic heterocycles. The van der Waals surface area contributed by atoms with Crippen molar-refractivity contribution in [2.45, 2.75) is 79.1 Å². The van der Waals surface area contributed by atoms with Gasteiger partial charge in [0.25, 0.3) is 0 Å². The molecule has 1 saturated carbocycles. The van der Waals surface area contributed by atoms with Gasteiger partial charge in [-0.1, -0.05) is 54.9 Å². The molecule has 0 heterocycles. The molecule has 4 atom stereocenters. The molecule has 0 N–H and O–H groups in total. The lowest BCUT2D eigenvalue weighted by Gasteiger charge is -2.39. The molecule has 2 radical (unpaired) electrons. The number of hydrogen-bond donors (Lipinski definition) is 0. The van der Waals surface area contributed by atoms with E-state index >= 15 is 0 Å². The fourth-order valence-electron chi connectivity index (χ4n) is 2.71. The Morgan fingerprint density at radius 3 is 2.44 bits per heavy atom. The van der Waals surface area contributed by atoms with Crippen LogP contribution in [0.15, 0.2) is 0 Å². The lowest BCUT2D eigenvalue weighted by Crippen LogP contribution is -2.36. The van der Waals surface area contributed by atoms with Crippen molar-refractivity contribution < 1.29 is 4.74 Å². The van der Waals surface area contributed by atoms with Crippen LogP contribution in [0.5, 0.6) is 0 Å². The average molecular weight is 252 g/mol. The summed E-state index contributed by atoms with van der Waals surface area (Å²) < 4.78 is 6.16. The minimum atomic E-state index is -0.164. The summed E-state index contributed by atoms with van der Waals surface area (Å²) in [6.07, 6.45) is 5.28. The zero-order chi connectivity index (χ0) is 13.1. The third-order valence-electron chi connectivity index (χ3n) is 4.40. The molecule has 0 spiro atoms. The van der Waals surface area contributed by atoms with Crippen molar-refractivity contribution in [3.05, 3.63) is 0 Å². The highest BCUT2D eigenvalue weighted by Gasteiger charge is 2.32. The SMILES string of the molecule is C.[B]C(C)(CC)COC1CC(C)CCC1C(C)C. The van der Waals surface area contributed by atoms with Crippen molar-refractivity contribution >= 4 is 7.85 Å². The van der Waals surface area contributed by atoms with Crippen LogP contribution in [-0.2, 0) is 4.74 Å². The minimum Gasteiger partial charge on any atom is -0.378 e. The van der Waals surface area contributed by atoms with Crippen LogP contribution in [0.4, 0.5) is 0 Å². The van der Waals surface area contributed by atoms with Gasteiger partial charge in [-0.25, -0.2) is 0 Å². The van der Waals surface area contributed by atoms with Crippen LogP contribution in [0.3, 0.4) is 0 Å². The van der Waals surface area contributed by atoms with Gasteiger partial charge < -0.3 is 4.74 Å². The van der Waals surface area contributed by atoms with Crippen molar-refractivity contribution in [1.29, 1.82) is 0 Å². The monoisotopic (exact) mass is 252 g/mol. The Morgan fingerprint density at radius 2 is 1.94 bits per heavy atom. The van der Waals surface area contributed by atoms with Gasteiger partial charge in [-0.15, -0.1) is 0 Å². The predicted octanol–water partition coefficient (Wildman–Crippen LogP) is 4.86. The van der Waals surface area contributed by atoms with Crippen molar-refractivity contribution in [1.82, 2.24) is 0 Å². The molecule has 0 aromatic rings. The second-order valence-electron chi connectivity index (χ2n) is 6.68. The van der Waals surface area contributed by atoms with Gasteiger partial charge in [-0.2, -0.15) is 0 Å². The van der Waals surface area contributed by atoms with E-state index in [0.717, 1.165) is 24.2 Å². The van der Waals surface area contributed by atoms with E-state index in [1.807, 2.05) is 0 Å². The third kappa shape index (κ3) is 5.34.